The van der Waals surface area contributed by atoms with Crippen LogP contribution in [-0.2, 0) is 27.5 Å². The van der Waals surface area contributed by atoms with Crippen molar-refractivity contribution in [2.24, 2.45) is 5.73 Å². The molecule has 0 heterocycles. The van der Waals surface area contributed by atoms with Gasteiger partial charge in [-0.05, 0) is 11.1 Å². The fourth-order valence-electron chi connectivity index (χ4n) is 2.26. The molecule has 0 aliphatic carbocycles. The van der Waals surface area contributed by atoms with E-state index in [9.17, 15) is 9.59 Å². The van der Waals surface area contributed by atoms with Crippen LogP contribution in [0, 0.1) is 0 Å². The molecule has 0 unspecified atom stereocenters. The van der Waals surface area contributed by atoms with Gasteiger partial charge < -0.3 is 15.4 Å². The Morgan fingerprint density at radius 2 is 1.50 bits per heavy atom. The van der Waals surface area contributed by atoms with E-state index in [-0.39, 0.29) is 25.5 Å². The largest absolute Gasteiger partial charge is 0.370 e. The van der Waals surface area contributed by atoms with Gasteiger partial charge in [-0.3, -0.25) is 9.59 Å². The van der Waals surface area contributed by atoms with E-state index in [2.05, 4.69) is 0 Å². The molecule has 0 spiro atoms. The van der Waals surface area contributed by atoms with E-state index in [4.69, 9.17) is 10.5 Å². The molecule has 2 N–H and O–H groups in total. The molecule has 0 radical (unpaired) electrons. The van der Waals surface area contributed by atoms with E-state index in [1.165, 1.54) is 0 Å². The van der Waals surface area contributed by atoms with Crippen molar-refractivity contribution in [3.05, 3.63) is 71.8 Å². The number of ether oxygens (including phenoxy) is 1. The zero-order valence-corrected chi connectivity index (χ0v) is 13.6. The Balaban J connectivity index is 1.89. The normalized spacial score (nSPS) is 10.3. The van der Waals surface area contributed by atoms with Crippen molar-refractivity contribution in [1.29, 1.82) is 0 Å². The Hall–Kier alpha value is -2.66. The lowest BCUT2D eigenvalue weighted by atomic mass is 10.2. The highest BCUT2D eigenvalue weighted by Crippen LogP contribution is 2.07. The lowest BCUT2D eigenvalue weighted by Gasteiger charge is -2.22. The first-order chi connectivity index (χ1) is 11.6. The lowest BCUT2D eigenvalue weighted by molar-refractivity contribution is -0.137. The van der Waals surface area contributed by atoms with Crippen LogP contribution in [0.4, 0.5) is 0 Å². The summed E-state index contributed by atoms with van der Waals surface area (Å²) in [7, 11) is 0. The Labute approximate surface area is 142 Å². The zero-order chi connectivity index (χ0) is 17.2. The number of benzene rings is 2. The molecule has 0 saturated carbocycles. The zero-order valence-electron chi connectivity index (χ0n) is 13.6. The number of nitrogens with two attached hydrogens (primary N) is 1. The van der Waals surface area contributed by atoms with Gasteiger partial charge in [0.25, 0.3) is 0 Å². The Bertz CT molecular complexity index is 644. The third-order valence-corrected chi connectivity index (χ3v) is 3.53. The molecule has 5 nitrogen and oxygen atoms in total. The molecule has 0 bridgehead atoms. The summed E-state index contributed by atoms with van der Waals surface area (Å²) in [5.74, 6) is -0.581. The molecule has 0 fully saturated rings. The van der Waals surface area contributed by atoms with Crippen molar-refractivity contribution in [2.75, 3.05) is 13.2 Å². The number of hydrogen-bond acceptors (Lipinski definition) is 3. The Kier molecular flexibility index (Phi) is 6.98. The molecule has 0 saturated heterocycles. The summed E-state index contributed by atoms with van der Waals surface area (Å²) >= 11 is 0. The minimum absolute atomic E-state index is 0.0273. The van der Waals surface area contributed by atoms with Gasteiger partial charge in [-0.2, -0.15) is 0 Å². The van der Waals surface area contributed by atoms with Crippen molar-refractivity contribution < 1.29 is 14.3 Å². The molecule has 2 rings (SSSR count). The number of carbonyl (C=O) groups excluding carboxylic acids is 2. The van der Waals surface area contributed by atoms with E-state index < -0.39 is 5.91 Å². The van der Waals surface area contributed by atoms with Gasteiger partial charge in [0.2, 0.25) is 11.8 Å². The quantitative estimate of drug-likeness (QED) is 0.767. The maximum atomic E-state index is 12.4. The molecule has 0 aliphatic rings. The first kappa shape index (κ1) is 17.7. The van der Waals surface area contributed by atoms with E-state index in [0.717, 1.165) is 11.1 Å². The second-order valence-corrected chi connectivity index (χ2v) is 5.50. The summed E-state index contributed by atoms with van der Waals surface area (Å²) in [6, 6.07) is 19.3. The minimum atomic E-state index is -0.425. The molecule has 2 aromatic rings. The maximum Gasteiger partial charge on any atom is 0.248 e. The predicted molar refractivity (Wildman–Crippen MR) is 91.8 cm³/mol. The minimum Gasteiger partial charge on any atom is -0.370 e. The molecule has 24 heavy (non-hydrogen) atoms. The molecular weight excluding hydrogens is 304 g/mol. The van der Waals surface area contributed by atoms with E-state index in [1.54, 1.807) is 4.90 Å². The number of hydrogen-bond donors (Lipinski definition) is 1. The summed E-state index contributed by atoms with van der Waals surface area (Å²) in [6.45, 7) is 1.07. The smallest absolute Gasteiger partial charge is 0.248 e. The molecular formula is C19H22N2O3. The van der Waals surface area contributed by atoms with Crippen LogP contribution in [0.1, 0.15) is 17.5 Å². The van der Waals surface area contributed by atoms with Gasteiger partial charge in [0.15, 0.2) is 0 Å². The van der Waals surface area contributed by atoms with Gasteiger partial charge in [0, 0.05) is 19.5 Å². The van der Waals surface area contributed by atoms with Crippen molar-refractivity contribution in [3.8, 4) is 0 Å². The molecule has 2 amide bonds. The fraction of sp³-hybridized carbons (Fsp3) is 0.263. The maximum absolute atomic E-state index is 12.4. The van der Waals surface area contributed by atoms with Crippen LogP contribution in [0.2, 0.25) is 0 Å². The highest BCUT2D eigenvalue weighted by atomic mass is 16.5. The Morgan fingerprint density at radius 1 is 0.917 bits per heavy atom. The van der Waals surface area contributed by atoms with Gasteiger partial charge in [0.05, 0.1) is 6.61 Å². The van der Waals surface area contributed by atoms with Crippen LogP contribution in [0.3, 0.4) is 0 Å². The van der Waals surface area contributed by atoms with Crippen LogP contribution < -0.4 is 5.73 Å². The second kappa shape index (κ2) is 9.47. The average molecular weight is 326 g/mol. The molecule has 0 aliphatic heterocycles. The summed E-state index contributed by atoms with van der Waals surface area (Å²) in [6.07, 6.45) is 0.136. The second-order valence-electron chi connectivity index (χ2n) is 5.50. The van der Waals surface area contributed by atoms with Crippen LogP contribution in [-0.4, -0.2) is 29.9 Å². The average Bonchev–Trinajstić information content (AvgIpc) is 2.60. The van der Waals surface area contributed by atoms with Gasteiger partial charge >= 0.3 is 0 Å². The molecule has 126 valence electrons. The van der Waals surface area contributed by atoms with Gasteiger partial charge in [-0.25, -0.2) is 0 Å². The third kappa shape index (κ3) is 6.22. The fourth-order valence-corrected chi connectivity index (χ4v) is 2.26. The predicted octanol–water partition coefficient (Wildman–Crippen LogP) is 2.11. The number of carbonyl (C=O) groups is 2. The third-order valence-electron chi connectivity index (χ3n) is 3.53. The molecule has 0 aromatic heterocycles. The van der Waals surface area contributed by atoms with E-state index in [0.29, 0.717) is 13.2 Å². The molecule has 0 atom stereocenters. The van der Waals surface area contributed by atoms with Crippen molar-refractivity contribution in [3.63, 3.8) is 0 Å². The van der Waals surface area contributed by atoms with Crippen LogP contribution in [0.25, 0.3) is 0 Å². The SMILES string of the molecule is NC(=O)CCN(Cc1ccccc1)C(=O)COCc1ccccc1. The van der Waals surface area contributed by atoms with Crippen LogP contribution >= 0.6 is 0 Å². The summed E-state index contributed by atoms with van der Waals surface area (Å²) < 4.78 is 5.50. The Morgan fingerprint density at radius 3 is 2.08 bits per heavy atom. The molecule has 5 heteroatoms. The number of amides is 2. The first-order valence-electron chi connectivity index (χ1n) is 7.87. The molecule has 2 aromatic carbocycles. The standard InChI is InChI=1S/C19H22N2O3/c20-18(22)11-12-21(13-16-7-3-1-4-8-16)19(23)15-24-14-17-9-5-2-6-10-17/h1-10H,11-15H2,(H2,20,22). The highest BCUT2D eigenvalue weighted by Gasteiger charge is 2.15. The van der Waals surface area contributed by atoms with E-state index in [1.807, 2.05) is 60.7 Å². The number of nitrogens with zero attached hydrogens (tertiary/aromatic N) is 1. The lowest BCUT2D eigenvalue weighted by Crippen LogP contribution is -2.36. The van der Waals surface area contributed by atoms with Gasteiger partial charge in [-0.15, -0.1) is 0 Å². The van der Waals surface area contributed by atoms with Crippen molar-refractivity contribution in [2.45, 2.75) is 19.6 Å². The first-order valence-corrected chi connectivity index (χ1v) is 7.87. The monoisotopic (exact) mass is 326 g/mol. The summed E-state index contributed by atoms with van der Waals surface area (Å²) in [4.78, 5) is 25.0. The number of primary amides is 1. The topological polar surface area (TPSA) is 72.6 Å². The summed E-state index contributed by atoms with van der Waals surface area (Å²) in [5.41, 5.74) is 7.21. The van der Waals surface area contributed by atoms with Crippen LogP contribution in [0.15, 0.2) is 60.7 Å². The highest BCUT2D eigenvalue weighted by molar-refractivity contribution is 5.79. The van der Waals surface area contributed by atoms with Gasteiger partial charge in [-0.1, -0.05) is 60.7 Å². The van der Waals surface area contributed by atoms with Crippen molar-refractivity contribution >= 4 is 11.8 Å². The number of rotatable bonds is 9. The van der Waals surface area contributed by atoms with E-state index >= 15 is 0 Å². The van der Waals surface area contributed by atoms with Gasteiger partial charge in [0.1, 0.15) is 6.61 Å². The van der Waals surface area contributed by atoms with Crippen molar-refractivity contribution in [1.82, 2.24) is 4.90 Å². The summed E-state index contributed by atoms with van der Waals surface area (Å²) in [5, 5.41) is 0. The van der Waals surface area contributed by atoms with Crippen LogP contribution in [0.5, 0.6) is 0 Å².